The monoisotopic (exact) mass is 466 g/mol. The number of hydrogen-bond donors (Lipinski definition) is 2. The summed E-state index contributed by atoms with van der Waals surface area (Å²) in [6.45, 7) is 8.19. The minimum atomic E-state index is -0.296. The molecule has 1 amide bonds. The molecule has 2 aromatic heterocycles. The molecule has 2 aliphatic heterocycles. The summed E-state index contributed by atoms with van der Waals surface area (Å²) >= 11 is 1.38. The summed E-state index contributed by atoms with van der Waals surface area (Å²) < 4.78 is 11.7. The van der Waals surface area contributed by atoms with Crippen LogP contribution < -0.4 is 16.0 Å². The Balaban J connectivity index is 1.48. The lowest BCUT2D eigenvalue weighted by atomic mass is 9.89. The Kier molecular flexibility index (Phi) is 5.99. The number of rotatable bonds is 5. The zero-order valence-corrected chi connectivity index (χ0v) is 20.0. The van der Waals surface area contributed by atoms with Crippen molar-refractivity contribution in [2.45, 2.75) is 38.9 Å². The van der Waals surface area contributed by atoms with Gasteiger partial charge in [0.1, 0.15) is 15.5 Å². The Bertz CT molecular complexity index is 1170. The average molecular weight is 467 g/mol. The van der Waals surface area contributed by atoms with Gasteiger partial charge >= 0.3 is 0 Å². The van der Waals surface area contributed by atoms with E-state index in [0.29, 0.717) is 36.9 Å². The number of nitrogens with two attached hydrogens (primary N) is 1. The highest BCUT2D eigenvalue weighted by Gasteiger charge is 2.34. The van der Waals surface area contributed by atoms with Crippen LogP contribution in [0.2, 0.25) is 0 Å². The van der Waals surface area contributed by atoms with E-state index in [1.54, 1.807) is 0 Å². The van der Waals surface area contributed by atoms with Crippen LogP contribution >= 0.6 is 11.3 Å². The van der Waals surface area contributed by atoms with Gasteiger partial charge in [0.25, 0.3) is 5.91 Å². The molecule has 0 atom stereocenters. The van der Waals surface area contributed by atoms with E-state index in [-0.39, 0.29) is 11.5 Å². The summed E-state index contributed by atoms with van der Waals surface area (Å²) in [4.78, 5) is 21.7. The highest BCUT2D eigenvalue weighted by Crippen LogP contribution is 2.43. The third-order valence-electron chi connectivity index (χ3n) is 6.34. The number of nitrogen functional groups attached to an aromatic ring is 1. The van der Waals surface area contributed by atoms with Crippen molar-refractivity contribution in [2.24, 2.45) is 0 Å². The summed E-state index contributed by atoms with van der Waals surface area (Å²) in [5.74, 6) is 0.799. The number of morpholine rings is 1. The van der Waals surface area contributed by atoms with Gasteiger partial charge in [-0.05, 0) is 31.4 Å². The van der Waals surface area contributed by atoms with Crippen LogP contribution in [-0.2, 0) is 28.9 Å². The van der Waals surface area contributed by atoms with E-state index in [9.17, 15) is 4.79 Å². The van der Waals surface area contributed by atoms with Crippen LogP contribution in [0.15, 0.2) is 30.3 Å². The Hall–Kier alpha value is -2.68. The number of carbonyl (C=O) groups is 1. The van der Waals surface area contributed by atoms with Crippen LogP contribution in [0.25, 0.3) is 10.2 Å². The highest BCUT2D eigenvalue weighted by molar-refractivity contribution is 7.21. The van der Waals surface area contributed by atoms with E-state index >= 15 is 0 Å². The van der Waals surface area contributed by atoms with E-state index in [4.69, 9.17) is 20.2 Å². The number of anilines is 2. The summed E-state index contributed by atoms with van der Waals surface area (Å²) in [5, 5.41) is 3.95. The number of benzene rings is 1. The Morgan fingerprint density at radius 1 is 1.21 bits per heavy atom. The lowest BCUT2D eigenvalue weighted by molar-refractivity contribution is -0.0396. The molecule has 3 N–H and O–H groups in total. The van der Waals surface area contributed by atoms with Crippen molar-refractivity contribution in [3.63, 3.8) is 0 Å². The van der Waals surface area contributed by atoms with Gasteiger partial charge < -0.3 is 25.4 Å². The first-order valence-corrected chi connectivity index (χ1v) is 12.3. The molecule has 0 unspecified atom stereocenters. The molecule has 33 heavy (non-hydrogen) atoms. The molecule has 5 rings (SSSR count). The molecule has 1 aromatic carbocycles. The molecular formula is C25H30N4O3S. The standard InChI is InChI=1S/C25H30N4O3S/c1-25(2)14-17-18(15-32-25)22(29-10-12-31-13-11-29)28-24-19(17)20(26)21(33-24)23(30)27-9-8-16-6-4-3-5-7-16/h3-7H,8-15,26H2,1-2H3,(H,27,30). The smallest absolute Gasteiger partial charge is 0.263 e. The highest BCUT2D eigenvalue weighted by atomic mass is 32.1. The van der Waals surface area contributed by atoms with Gasteiger partial charge in [-0.25, -0.2) is 4.98 Å². The molecule has 3 aromatic rings. The molecule has 1 saturated heterocycles. The number of hydrogen-bond acceptors (Lipinski definition) is 7. The van der Waals surface area contributed by atoms with Gasteiger partial charge in [0.15, 0.2) is 0 Å². The third-order valence-corrected chi connectivity index (χ3v) is 7.44. The molecule has 1 fully saturated rings. The number of amides is 1. The summed E-state index contributed by atoms with van der Waals surface area (Å²) in [6.07, 6.45) is 1.51. The molecule has 4 heterocycles. The molecule has 8 heteroatoms. The number of pyridine rings is 1. The second-order valence-electron chi connectivity index (χ2n) is 9.23. The lowest BCUT2D eigenvalue weighted by Crippen LogP contribution is -2.39. The molecule has 2 aliphatic rings. The van der Waals surface area contributed by atoms with Crippen molar-refractivity contribution < 1.29 is 14.3 Å². The first-order valence-electron chi connectivity index (χ1n) is 11.5. The fraction of sp³-hybridized carbons (Fsp3) is 0.440. The quantitative estimate of drug-likeness (QED) is 0.598. The molecule has 0 spiro atoms. The minimum Gasteiger partial charge on any atom is -0.397 e. The Morgan fingerprint density at radius 2 is 1.97 bits per heavy atom. The van der Waals surface area contributed by atoms with Crippen LogP contribution in [0, 0.1) is 0 Å². The second kappa shape index (κ2) is 8.93. The van der Waals surface area contributed by atoms with E-state index in [1.807, 2.05) is 18.2 Å². The molecule has 0 saturated carbocycles. The number of thiophene rings is 1. The maximum absolute atomic E-state index is 13.0. The molecule has 7 nitrogen and oxygen atoms in total. The first-order chi connectivity index (χ1) is 15.9. The van der Waals surface area contributed by atoms with Gasteiger partial charge in [-0.2, -0.15) is 0 Å². The fourth-order valence-electron chi connectivity index (χ4n) is 4.59. The molecule has 0 radical (unpaired) electrons. The largest absolute Gasteiger partial charge is 0.397 e. The SMILES string of the molecule is CC1(C)Cc2c(c(N3CCOCC3)nc3sc(C(=O)NCCc4ccccc4)c(N)c23)CO1. The topological polar surface area (TPSA) is 89.7 Å². The normalized spacial score (nSPS) is 17.7. The average Bonchev–Trinajstić information content (AvgIpc) is 3.15. The first kappa shape index (κ1) is 22.1. The van der Waals surface area contributed by atoms with Crippen molar-refractivity contribution in [2.75, 3.05) is 43.5 Å². The minimum absolute atomic E-state index is 0.139. The van der Waals surface area contributed by atoms with Crippen LogP contribution in [-0.4, -0.2) is 49.3 Å². The van der Waals surface area contributed by atoms with Crippen molar-refractivity contribution in [1.29, 1.82) is 0 Å². The molecule has 0 aliphatic carbocycles. The zero-order chi connectivity index (χ0) is 23.0. The lowest BCUT2D eigenvalue weighted by Gasteiger charge is -2.36. The predicted octanol–water partition coefficient (Wildman–Crippen LogP) is 3.54. The van der Waals surface area contributed by atoms with E-state index in [0.717, 1.165) is 53.1 Å². The number of carbonyl (C=O) groups excluding carboxylic acids is 1. The zero-order valence-electron chi connectivity index (χ0n) is 19.1. The third kappa shape index (κ3) is 4.43. The second-order valence-corrected chi connectivity index (χ2v) is 10.2. The van der Waals surface area contributed by atoms with Gasteiger partial charge in [0.05, 0.1) is 31.1 Å². The number of nitrogens with one attached hydrogen (secondary N) is 1. The van der Waals surface area contributed by atoms with Gasteiger partial charge in [-0.1, -0.05) is 30.3 Å². The number of aromatic nitrogens is 1. The van der Waals surface area contributed by atoms with Crippen LogP contribution in [0.3, 0.4) is 0 Å². The molecule has 174 valence electrons. The van der Waals surface area contributed by atoms with Crippen LogP contribution in [0.1, 0.15) is 40.2 Å². The Morgan fingerprint density at radius 3 is 2.73 bits per heavy atom. The van der Waals surface area contributed by atoms with Crippen molar-refractivity contribution in [3.05, 3.63) is 51.9 Å². The van der Waals surface area contributed by atoms with E-state index in [2.05, 4.69) is 36.2 Å². The number of fused-ring (bicyclic) bond motifs is 3. The maximum atomic E-state index is 13.0. The van der Waals surface area contributed by atoms with Crippen LogP contribution in [0.4, 0.5) is 11.5 Å². The van der Waals surface area contributed by atoms with E-state index < -0.39 is 0 Å². The van der Waals surface area contributed by atoms with Crippen molar-refractivity contribution in [1.82, 2.24) is 10.3 Å². The Labute approximate surface area is 197 Å². The van der Waals surface area contributed by atoms with Gasteiger partial charge in [-0.15, -0.1) is 11.3 Å². The predicted molar refractivity (Wildman–Crippen MR) is 132 cm³/mol. The summed E-state index contributed by atoms with van der Waals surface area (Å²) in [5.41, 5.74) is 10.3. The summed E-state index contributed by atoms with van der Waals surface area (Å²) in [6, 6.07) is 10.1. The van der Waals surface area contributed by atoms with Crippen molar-refractivity contribution in [3.8, 4) is 0 Å². The van der Waals surface area contributed by atoms with Crippen molar-refractivity contribution >= 4 is 39.0 Å². The summed E-state index contributed by atoms with van der Waals surface area (Å²) in [7, 11) is 0. The van der Waals surface area contributed by atoms with Gasteiger partial charge in [0.2, 0.25) is 0 Å². The number of nitrogens with zero attached hydrogens (tertiary/aromatic N) is 2. The van der Waals surface area contributed by atoms with Gasteiger partial charge in [0, 0.05) is 37.0 Å². The fourth-order valence-corrected chi connectivity index (χ4v) is 5.63. The maximum Gasteiger partial charge on any atom is 0.263 e. The molecular weight excluding hydrogens is 436 g/mol. The molecule has 0 bridgehead atoms. The van der Waals surface area contributed by atoms with Gasteiger partial charge in [-0.3, -0.25) is 4.79 Å². The van der Waals surface area contributed by atoms with Crippen LogP contribution in [0.5, 0.6) is 0 Å². The van der Waals surface area contributed by atoms with E-state index in [1.165, 1.54) is 16.9 Å². The number of ether oxygens (including phenoxy) is 2.